The van der Waals surface area contributed by atoms with Crippen molar-refractivity contribution in [2.24, 2.45) is 5.92 Å². The standard InChI is InChI=1S/C7H17O2SSi/c1-6(2)7(3,10)11(8-4)9-5/h6,10H,1-5H3. The smallest absolute Gasteiger partial charge is 0.396 e. The second-order valence-electron chi connectivity index (χ2n) is 3.00. The molecule has 0 aromatic carbocycles. The Hall–Kier alpha value is 0.487. The first-order valence-electron chi connectivity index (χ1n) is 3.64. The average Bonchev–Trinajstić information content (AvgIpc) is 1.89. The van der Waals surface area contributed by atoms with Crippen LogP contribution in [0, 0.1) is 5.92 Å². The molecule has 0 aromatic heterocycles. The molecule has 2 nitrogen and oxygen atoms in total. The fourth-order valence-electron chi connectivity index (χ4n) is 0.732. The Kier molecular flexibility index (Phi) is 4.70. The van der Waals surface area contributed by atoms with Crippen molar-refractivity contribution in [3.05, 3.63) is 0 Å². The molecule has 4 heteroatoms. The van der Waals surface area contributed by atoms with Gasteiger partial charge in [-0.1, -0.05) is 13.8 Å². The fourth-order valence-corrected chi connectivity index (χ4v) is 2.74. The normalized spacial score (nSPS) is 17.5. The molecule has 0 aliphatic rings. The summed E-state index contributed by atoms with van der Waals surface area (Å²) in [5.74, 6) is 0.458. The lowest BCUT2D eigenvalue weighted by atomic mass is 10.1. The summed E-state index contributed by atoms with van der Waals surface area (Å²) in [5, 5.41) is 0. The summed E-state index contributed by atoms with van der Waals surface area (Å²) < 4.78 is 10.3. The molecule has 11 heavy (non-hydrogen) atoms. The molecule has 0 amide bonds. The minimum Gasteiger partial charge on any atom is -0.396 e. The zero-order valence-corrected chi connectivity index (χ0v) is 9.74. The maximum atomic E-state index is 5.23. The first kappa shape index (κ1) is 11.5. The van der Waals surface area contributed by atoms with Crippen LogP contribution in [-0.2, 0) is 8.85 Å². The van der Waals surface area contributed by atoms with E-state index in [9.17, 15) is 0 Å². The zero-order chi connectivity index (χ0) is 9.07. The van der Waals surface area contributed by atoms with E-state index in [0.29, 0.717) is 5.92 Å². The molecule has 0 N–H and O–H groups in total. The highest BCUT2D eigenvalue weighted by atomic mass is 32.1. The van der Waals surface area contributed by atoms with E-state index in [1.54, 1.807) is 14.2 Å². The Balaban J connectivity index is 4.24. The summed E-state index contributed by atoms with van der Waals surface area (Å²) in [7, 11) is 2.12. The van der Waals surface area contributed by atoms with Crippen LogP contribution in [0.5, 0.6) is 0 Å². The van der Waals surface area contributed by atoms with Crippen LogP contribution in [-0.4, -0.2) is 27.9 Å². The summed E-state index contributed by atoms with van der Waals surface area (Å²) in [5.41, 5.74) is 0. The number of rotatable bonds is 4. The number of hydrogen-bond donors (Lipinski definition) is 1. The quantitative estimate of drug-likeness (QED) is 0.540. The molecule has 0 aromatic rings. The molecule has 0 saturated heterocycles. The lowest BCUT2D eigenvalue weighted by Gasteiger charge is -2.31. The van der Waals surface area contributed by atoms with E-state index in [1.807, 2.05) is 0 Å². The van der Waals surface area contributed by atoms with Crippen LogP contribution >= 0.6 is 12.6 Å². The van der Waals surface area contributed by atoms with Gasteiger partial charge in [0, 0.05) is 14.2 Å². The van der Waals surface area contributed by atoms with Crippen LogP contribution < -0.4 is 0 Å². The zero-order valence-electron chi connectivity index (χ0n) is 7.84. The molecule has 1 unspecified atom stereocenters. The largest absolute Gasteiger partial charge is 0.401 e. The molecule has 0 aliphatic carbocycles. The predicted octanol–water partition coefficient (Wildman–Crippen LogP) is 1.65. The SMILES string of the molecule is CO[Si](OC)C(C)(S)C(C)C. The van der Waals surface area contributed by atoms with Crippen molar-refractivity contribution in [2.45, 2.75) is 25.1 Å². The molecule has 0 spiro atoms. The van der Waals surface area contributed by atoms with Gasteiger partial charge in [-0.2, -0.15) is 12.6 Å². The highest BCUT2D eigenvalue weighted by Crippen LogP contribution is 2.27. The third-order valence-electron chi connectivity index (χ3n) is 1.91. The summed E-state index contributed by atoms with van der Waals surface area (Å²) in [6.07, 6.45) is 0. The van der Waals surface area contributed by atoms with E-state index >= 15 is 0 Å². The second-order valence-corrected chi connectivity index (χ2v) is 6.78. The van der Waals surface area contributed by atoms with Crippen molar-refractivity contribution in [2.75, 3.05) is 14.2 Å². The van der Waals surface area contributed by atoms with E-state index in [2.05, 4.69) is 33.4 Å². The van der Waals surface area contributed by atoms with Gasteiger partial charge in [-0.15, -0.1) is 0 Å². The lowest BCUT2D eigenvalue weighted by Crippen LogP contribution is -2.46. The van der Waals surface area contributed by atoms with Crippen molar-refractivity contribution in [1.82, 2.24) is 0 Å². The van der Waals surface area contributed by atoms with E-state index in [0.717, 1.165) is 0 Å². The minimum absolute atomic E-state index is 0.131. The summed E-state index contributed by atoms with van der Waals surface area (Å²) in [4.78, 5) is 0. The van der Waals surface area contributed by atoms with Crippen molar-refractivity contribution in [1.29, 1.82) is 0 Å². The van der Waals surface area contributed by atoms with Gasteiger partial charge in [0.25, 0.3) is 0 Å². The average molecular weight is 193 g/mol. The van der Waals surface area contributed by atoms with Gasteiger partial charge in [0.1, 0.15) is 0 Å². The van der Waals surface area contributed by atoms with Crippen molar-refractivity contribution in [3.8, 4) is 0 Å². The molecular weight excluding hydrogens is 176 g/mol. The second kappa shape index (κ2) is 4.50. The highest BCUT2D eigenvalue weighted by Gasteiger charge is 2.38. The Morgan fingerprint density at radius 3 is 1.73 bits per heavy atom. The summed E-state index contributed by atoms with van der Waals surface area (Å²) in [6, 6.07) is 0. The van der Waals surface area contributed by atoms with Crippen LogP contribution in [0.3, 0.4) is 0 Å². The summed E-state index contributed by atoms with van der Waals surface area (Å²) >= 11 is 4.53. The molecule has 0 rings (SSSR count). The first-order valence-corrected chi connectivity index (χ1v) is 5.41. The van der Waals surface area contributed by atoms with Gasteiger partial charge in [0.2, 0.25) is 0 Å². The maximum absolute atomic E-state index is 5.23. The third kappa shape index (κ3) is 2.78. The Bertz CT molecular complexity index is 113. The van der Waals surface area contributed by atoms with Crippen LogP contribution in [0.15, 0.2) is 0 Å². The van der Waals surface area contributed by atoms with Crippen LogP contribution in [0.1, 0.15) is 20.8 Å². The van der Waals surface area contributed by atoms with E-state index < -0.39 is 9.28 Å². The van der Waals surface area contributed by atoms with Gasteiger partial charge in [0.05, 0.1) is 4.37 Å². The molecule has 0 aliphatic heterocycles. The molecule has 0 saturated carbocycles. The predicted molar refractivity (Wildman–Crippen MR) is 52.0 cm³/mol. The van der Waals surface area contributed by atoms with Crippen LogP contribution in [0.25, 0.3) is 0 Å². The van der Waals surface area contributed by atoms with Crippen LogP contribution in [0.4, 0.5) is 0 Å². The first-order chi connectivity index (χ1) is 4.96. The molecular formula is C7H17O2SSi. The molecule has 1 atom stereocenters. The Labute approximate surface area is 76.5 Å². The number of thiol groups is 1. The Morgan fingerprint density at radius 1 is 1.27 bits per heavy atom. The summed E-state index contributed by atoms with van der Waals surface area (Å²) in [6.45, 7) is 6.30. The van der Waals surface area contributed by atoms with Gasteiger partial charge in [-0.3, -0.25) is 0 Å². The van der Waals surface area contributed by atoms with Gasteiger partial charge < -0.3 is 8.85 Å². The van der Waals surface area contributed by atoms with E-state index in [-0.39, 0.29) is 4.37 Å². The fraction of sp³-hybridized carbons (Fsp3) is 1.00. The number of hydrogen-bond acceptors (Lipinski definition) is 3. The van der Waals surface area contributed by atoms with Gasteiger partial charge in [0.15, 0.2) is 0 Å². The van der Waals surface area contributed by atoms with Gasteiger partial charge in [-0.25, -0.2) is 0 Å². The highest BCUT2D eigenvalue weighted by molar-refractivity contribution is 7.83. The monoisotopic (exact) mass is 193 g/mol. The van der Waals surface area contributed by atoms with Crippen molar-refractivity contribution in [3.63, 3.8) is 0 Å². The molecule has 1 radical (unpaired) electrons. The molecule has 67 valence electrons. The maximum Gasteiger partial charge on any atom is 0.401 e. The topological polar surface area (TPSA) is 18.5 Å². The molecule has 0 bridgehead atoms. The molecule has 0 fully saturated rings. The van der Waals surface area contributed by atoms with Crippen molar-refractivity contribution < 1.29 is 8.85 Å². The van der Waals surface area contributed by atoms with Crippen LogP contribution in [0.2, 0.25) is 0 Å². The Morgan fingerprint density at radius 2 is 1.64 bits per heavy atom. The lowest BCUT2D eigenvalue weighted by molar-refractivity contribution is 0.253. The van der Waals surface area contributed by atoms with Gasteiger partial charge in [-0.05, 0) is 12.8 Å². The van der Waals surface area contributed by atoms with E-state index in [1.165, 1.54) is 0 Å². The van der Waals surface area contributed by atoms with E-state index in [4.69, 9.17) is 8.85 Å². The third-order valence-corrected chi connectivity index (χ3v) is 5.12. The molecule has 0 heterocycles. The van der Waals surface area contributed by atoms with Gasteiger partial charge >= 0.3 is 9.28 Å². The minimum atomic E-state index is -1.23. The van der Waals surface area contributed by atoms with Crippen molar-refractivity contribution >= 4 is 21.9 Å².